The van der Waals surface area contributed by atoms with E-state index in [-0.39, 0.29) is 23.2 Å². The number of ether oxygens (including phenoxy) is 2. The number of hydrogen-bond acceptors (Lipinski definition) is 5. The fourth-order valence-corrected chi connectivity index (χ4v) is 5.49. The summed E-state index contributed by atoms with van der Waals surface area (Å²) in [6, 6.07) is 20.5. The van der Waals surface area contributed by atoms with Crippen LogP contribution in [0.1, 0.15) is 45.4 Å². The van der Waals surface area contributed by atoms with Gasteiger partial charge in [0.05, 0.1) is 11.8 Å². The molecule has 0 saturated carbocycles. The third-order valence-corrected chi connectivity index (χ3v) is 7.61. The zero-order valence-electron chi connectivity index (χ0n) is 19.2. The van der Waals surface area contributed by atoms with Gasteiger partial charge in [0.25, 0.3) is 5.91 Å². The van der Waals surface area contributed by atoms with Crippen LogP contribution in [0, 0.1) is 0 Å². The van der Waals surface area contributed by atoms with Crippen LogP contribution in [-0.2, 0) is 11.3 Å². The Morgan fingerprint density at radius 3 is 2.51 bits per heavy atom. The normalized spacial score (nSPS) is 17.8. The van der Waals surface area contributed by atoms with Gasteiger partial charge in [-0.2, -0.15) is 0 Å². The van der Waals surface area contributed by atoms with Crippen molar-refractivity contribution < 1.29 is 19.1 Å². The number of hydrogen-bond donors (Lipinski definition) is 1. The minimum absolute atomic E-state index is 0.0908. The number of nitrogens with one attached hydrogen (secondary N) is 1. The van der Waals surface area contributed by atoms with Crippen molar-refractivity contribution in [3.05, 3.63) is 94.0 Å². The van der Waals surface area contributed by atoms with Crippen molar-refractivity contribution in [3.8, 4) is 11.5 Å². The molecule has 8 heteroatoms. The standard InChI is InChI=1S/C27H25ClN2O4S/c1-17(21-8-11-23-24(14-21)34-13-12-33-23)29-26(32)19-4-6-20(7-5-19)27-30(25(31)16-35-27)15-18-2-9-22(28)10-3-18/h2-11,14,17,27H,12-13,15-16H2,1H3,(H,29,32)/t17-,27-/m1/s1. The topological polar surface area (TPSA) is 67.9 Å². The Bertz CT molecular complexity index is 1230. The molecule has 3 aromatic carbocycles. The van der Waals surface area contributed by atoms with Crippen LogP contribution >= 0.6 is 23.4 Å². The fraction of sp³-hybridized carbons (Fsp3) is 0.259. The number of carbonyl (C=O) groups is 2. The second-order valence-electron chi connectivity index (χ2n) is 8.53. The Balaban J connectivity index is 1.25. The molecule has 0 radical (unpaired) electrons. The van der Waals surface area contributed by atoms with Gasteiger partial charge in [0, 0.05) is 17.1 Å². The average molecular weight is 509 g/mol. The first-order valence-corrected chi connectivity index (χ1v) is 12.9. The van der Waals surface area contributed by atoms with E-state index >= 15 is 0 Å². The lowest BCUT2D eigenvalue weighted by Gasteiger charge is -2.24. The Hall–Kier alpha value is -3.16. The molecule has 0 unspecified atom stereocenters. The summed E-state index contributed by atoms with van der Waals surface area (Å²) in [6.45, 7) is 3.52. The Labute approximate surface area is 213 Å². The number of halogens is 1. The van der Waals surface area contributed by atoms with E-state index in [9.17, 15) is 9.59 Å². The molecule has 180 valence electrons. The van der Waals surface area contributed by atoms with Crippen LogP contribution in [0.2, 0.25) is 5.02 Å². The highest BCUT2D eigenvalue weighted by Gasteiger charge is 2.32. The molecular weight excluding hydrogens is 484 g/mol. The van der Waals surface area contributed by atoms with Crippen molar-refractivity contribution in [1.29, 1.82) is 0 Å². The smallest absolute Gasteiger partial charge is 0.251 e. The SMILES string of the molecule is C[C@@H](NC(=O)c1ccc([C@H]2SCC(=O)N2Cc2ccc(Cl)cc2)cc1)c1ccc2c(c1)OCCO2. The van der Waals surface area contributed by atoms with Gasteiger partial charge in [-0.1, -0.05) is 41.9 Å². The van der Waals surface area contributed by atoms with Gasteiger partial charge in [-0.3, -0.25) is 9.59 Å². The largest absolute Gasteiger partial charge is 0.486 e. The van der Waals surface area contributed by atoms with E-state index in [1.807, 2.05) is 78.6 Å². The van der Waals surface area contributed by atoms with Gasteiger partial charge in [-0.05, 0) is 60.0 Å². The lowest BCUT2D eigenvalue weighted by atomic mass is 10.1. The molecule has 6 nitrogen and oxygen atoms in total. The minimum atomic E-state index is -0.198. The number of amides is 2. The molecule has 0 bridgehead atoms. The summed E-state index contributed by atoms with van der Waals surface area (Å²) in [6.07, 6.45) is 0. The summed E-state index contributed by atoms with van der Waals surface area (Å²) in [5.41, 5.74) is 3.53. The highest BCUT2D eigenvalue weighted by molar-refractivity contribution is 8.00. The Morgan fingerprint density at radius 2 is 1.77 bits per heavy atom. The predicted molar refractivity (Wildman–Crippen MR) is 137 cm³/mol. The lowest BCUT2D eigenvalue weighted by molar-refractivity contribution is -0.128. The van der Waals surface area contributed by atoms with Gasteiger partial charge in [0.15, 0.2) is 11.5 Å². The third kappa shape index (κ3) is 5.26. The molecule has 2 aliphatic rings. The van der Waals surface area contributed by atoms with Crippen LogP contribution in [0.3, 0.4) is 0 Å². The van der Waals surface area contributed by atoms with Crippen LogP contribution in [-0.4, -0.2) is 35.7 Å². The molecule has 2 aliphatic heterocycles. The number of carbonyl (C=O) groups excluding carboxylic acids is 2. The van der Waals surface area contributed by atoms with Crippen molar-refractivity contribution in [1.82, 2.24) is 10.2 Å². The molecule has 35 heavy (non-hydrogen) atoms. The zero-order chi connectivity index (χ0) is 24.4. The summed E-state index contributed by atoms with van der Waals surface area (Å²) in [5, 5.41) is 3.63. The number of benzene rings is 3. The summed E-state index contributed by atoms with van der Waals surface area (Å²) in [4.78, 5) is 27.3. The highest BCUT2D eigenvalue weighted by atomic mass is 35.5. The van der Waals surface area contributed by atoms with Crippen molar-refractivity contribution in [2.75, 3.05) is 19.0 Å². The molecule has 0 aliphatic carbocycles. The van der Waals surface area contributed by atoms with Crippen LogP contribution in [0.4, 0.5) is 0 Å². The highest BCUT2D eigenvalue weighted by Crippen LogP contribution is 2.39. The van der Waals surface area contributed by atoms with Gasteiger partial charge in [-0.15, -0.1) is 11.8 Å². The van der Waals surface area contributed by atoms with E-state index in [1.54, 1.807) is 11.8 Å². The van der Waals surface area contributed by atoms with Crippen LogP contribution < -0.4 is 14.8 Å². The van der Waals surface area contributed by atoms with E-state index in [2.05, 4.69) is 5.32 Å². The van der Waals surface area contributed by atoms with Crippen molar-refractivity contribution in [3.63, 3.8) is 0 Å². The number of fused-ring (bicyclic) bond motifs is 1. The molecule has 0 aromatic heterocycles. The molecule has 2 heterocycles. The van der Waals surface area contributed by atoms with Crippen LogP contribution in [0.15, 0.2) is 66.7 Å². The lowest BCUT2D eigenvalue weighted by Crippen LogP contribution is -2.28. The van der Waals surface area contributed by atoms with Gasteiger partial charge < -0.3 is 19.7 Å². The van der Waals surface area contributed by atoms with Gasteiger partial charge in [-0.25, -0.2) is 0 Å². The first-order valence-electron chi connectivity index (χ1n) is 11.4. The third-order valence-electron chi connectivity index (χ3n) is 6.11. The van der Waals surface area contributed by atoms with E-state index in [4.69, 9.17) is 21.1 Å². The number of nitrogens with zero attached hydrogens (tertiary/aromatic N) is 1. The monoisotopic (exact) mass is 508 g/mol. The van der Waals surface area contributed by atoms with E-state index in [1.165, 1.54) is 0 Å². The van der Waals surface area contributed by atoms with Crippen LogP contribution in [0.5, 0.6) is 11.5 Å². The summed E-state index contributed by atoms with van der Waals surface area (Å²) < 4.78 is 11.2. The molecule has 1 fully saturated rings. The molecule has 1 N–H and O–H groups in total. The first kappa shape index (κ1) is 23.6. The Morgan fingerprint density at radius 1 is 1.06 bits per heavy atom. The molecule has 5 rings (SSSR count). The van der Waals surface area contributed by atoms with Crippen molar-refractivity contribution >= 4 is 35.2 Å². The first-order chi connectivity index (χ1) is 17.0. The summed E-state index contributed by atoms with van der Waals surface area (Å²) in [7, 11) is 0. The zero-order valence-corrected chi connectivity index (χ0v) is 20.8. The summed E-state index contributed by atoms with van der Waals surface area (Å²) in [5.74, 6) is 1.80. The fourth-order valence-electron chi connectivity index (χ4n) is 4.18. The molecule has 2 atom stereocenters. The number of thioether (sulfide) groups is 1. The van der Waals surface area contributed by atoms with Crippen molar-refractivity contribution in [2.45, 2.75) is 24.9 Å². The van der Waals surface area contributed by atoms with Gasteiger partial charge in [0.1, 0.15) is 18.6 Å². The molecule has 1 saturated heterocycles. The minimum Gasteiger partial charge on any atom is -0.486 e. The maximum atomic E-state index is 12.9. The average Bonchev–Trinajstić information content (AvgIpc) is 3.24. The van der Waals surface area contributed by atoms with Crippen molar-refractivity contribution in [2.24, 2.45) is 0 Å². The van der Waals surface area contributed by atoms with Gasteiger partial charge >= 0.3 is 0 Å². The van der Waals surface area contributed by atoms with Gasteiger partial charge in [0.2, 0.25) is 5.91 Å². The van der Waals surface area contributed by atoms with E-state index < -0.39 is 0 Å². The van der Waals surface area contributed by atoms with E-state index in [0.717, 1.165) is 22.4 Å². The molecular formula is C27H25ClN2O4S. The number of rotatable bonds is 6. The molecule has 0 spiro atoms. The quantitative estimate of drug-likeness (QED) is 0.484. The van der Waals surface area contributed by atoms with E-state index in [0.29, 0.717) is 41.8 Å². The maximum Gasteiger partial charge on any atom is 0.251 e. The summed E-state index contributed by atoms with van der Waals surface area (Å²) >= 11 is 7.58. The second kappa shape index (κ2) is 10.2. The predicted octanol–water partition coefficient (Wildman–Crippen LogP) is 5.38. The molecule has 2 amide bonds. The Kier molecular flexibility index (Phi) is 6.88. The maximum absolute atomic E-state index is 12.9. The molecule has 3 aromatic rings. The van der Waals surface area contributed by atoms with Crippen LogP contribution in [0.25, 0.3) is 0 Å². The second-order valence-corrected chi connectivity index (χ2v) is 10.0.